The molecule has 0 saturated heterocycles. The van der Waals surface area contributed by atoms with E-state index in [0.717, 1.165) is 21.2 Å². The van der Waals surface area contributed by atoms with Gasteiger partial charge in [-0.2, -0.15) is 0 Å². The highest BCUT2D eigenvalue weighted by atomic mass is 35.5. The molecule has 21 heavy (non-hydrogen) atoms. The van der Waals surface area contributed by atoms with Gasteiger partial charge in [-0.3, -0.25) is 4.79 Å². The minimum atomic E-state index is 0.0315. The summed E-state index contributed by atoms with van der Waals surface area (Å²) in [6.07, 6.45) is 0.479. The molecule has 2 nitrogen and oxygen atoms in total. The van der Waals surface area contributed by atoms with Crippen LogP contribution in [0.3, 0.4) is 0 Å². The third-order valence-corrected chi connectivity index (χ3v) is 4.62. The van der Waals surface area contributed by atoms with Crippen LogP contribution in [0.25, 0.3) is 0 Å². The lowest BCUT2D eigenvalue weighted by molar-refractivity contribution is -0.121. The van der Waals surface area contributed by atoms with Gasteiger partial charge in [-0.05, 0) is 24.6 Å². The van der Waals surface area contributed by atoms with Gasteiger partial charge in [-0.1, -0.05) is 54.1 Å². The molecule has 2 rings (SSSR count). The summed E-state index contributed by atoms with van der Waals surface area (Å²) in [5, 5.41) is 3.75. The Morgan fingerprint density at radius 1 is 1.14 bits per heavy atom. The van der Waals surface area contributed by atoms with E-state index in [-0.39, 0.29) is 11.9 Å². The number of hydrogen-bond donors (Lipinski definition) is 1. The zero-order chi connectivity index (χ0) is 15.1. The second-order valence-corrected chi connectivity index (χ2v) is 6.27. The molecule has 0 saturated carbocycles. The highest BCUT2D eigenvalue weighted by Gasteiger charge is 2.09. The molecule has 0 spiro atoms. The summed E-state index contributed by atoms with van der Waals surface area (Å²) in [5.41, 5.74) is 1.12. The van der Waals surface area contributed by atoms with Crippen LogP contribution in [0.1, 0.15) is 24.9 Å². The lowest BCUT2D eigenvalue weighted by atomic mass is 10.1. The minimum Gasteiger partial charge on any atom is -0.350 e. The highest BCUT2D eigenvalue weighted by molar-refractivity contribution is 7.99. The Kier molecular flexibility index (Phi) is 6.15. The van der Waals surface area contributed by atoms with E-state index < -0.39 is 0 Å². The van der Waals surface area contributed by atoms with Gasteiger partial charge in [0, 0.05) is 17.1 Å². The Labute approximate surface area is 134 Å². The van der Waals surface area contributed by atoms with Gasteiger partial charge in [-0.25, -0.2) is 0 Å². The van der Waals surface area contributed by atoms with Crippen molar-refractivity contribution >= 4 is 29.3 Å². The van der Waals surface area contributed by atoms with E-state index >= 15 is 0 Å². The average molecular weight is 320 g/mol. The van der Waals surface area contributed by atoms with Crippen LogP contribution >= 0.6 is 23.4 Å². The molecule has 0 aliphatic rings. The van der Waals surface area contributed by atoms with E-state index in [4.69, 9.17) is 11.6 Å². The molecule has 4 heteroatoms. The van der Waals surface area contributed by atoms with Crippen LogP contribution < -0.4 is 5.32 Å². The van der Waals surface area contributed by atoms with Gasteiger partial charge in [0.15, 0.2) is 0 Å². The first-order valence-corrected chi connectivity index (χ1v) is 8.25. The molecular formula is C17H18ClNOS. The normalized spacial score (nSPS) is 11.9. The minimum absolute atomic E-state index is 0.0315. The van der Waals surface area contributed by atoms with Crippen molar-refractivity contribution in [3.8, 4) is 0 Å². The van der Waals surface area contributed by atoms with Crippen molar-refractivity contribution in [2.24, 2.45) is 0 Å². The maximum Gasteiger partial charge on any atom is 0.221 e. The maximum atomic E-state index is 11.9. The number of rotatable bonds is 6. The molecule has 0 aliphatic heterocycles. The van der Waals surface area contributed by atoms with Gasteiger partial charge in [0.2, 0.25) is 5.91 Å². The fourth-order valence-electron chi connectivity index (χ4n) is 1.95. The summed E-state index contributed by atoms with van der Waals surface area (Å²) in [4.78, 5) is 13.0. The fourth-order valence-corrected chi connectivity index (χ4v) is 3.14. The zero-order valence-electron chi connectivity index (χ0n) is 11.9. The first-order valence-electron chi connectivity index (χ1n) is 6.88. The summed E-state index contributed by atoms with van der Waals surface area (Å²) >= 11 is 7.69. The standard InChI is InChI=1S/C17H18ClNOS/c1-13(14-7-3-2-4-8-14)19-17(20)11-12-21-16-10-6-5-9-15(16)18/h2-10,13H,11-12H2,1H3,(H,19,20)/t13-/m1/s1. The maximum absolute atomic E-state index is 11.9. The van der Waals surface area contributed by atoms with E-state index in [1.54, 1.807) is 11.8 Å². The molecule has 110 valence electrons. The van der Waals surface area contributed by atoms with Crippen LogP contribution in [-0.4, -0.2) is 11.7 Å². The topological polar surface area (TPSA) is 29.1 Å². The van der Waals surface area contributed by atoms with Crippen molar-refractivity contribution in [1.82, 2.24) is 5.32 Å². The predicted octanol–water partition coefficient (Wildman–Crippen LogP) is 4.70. The molecule has 1 amide bonds. The molecule has 0 radical (unpaired) electrons. The second kappa shape index (κ2) is 8.11. The molecule has 0 heterocycles. The van der Waals surface area contributed by atoms with Crippen LogP contribution in [0.5, 0.6) is 0 Å². The van der Waals surface area contributed by atoms with Crippen LogP contribution in [-0.2, 0) is 4.79 Å². The quantitative estimate of drug-likeness (QED) is 0.782. The molecule has 0 fully saturated rings. The lowest BCUT2D eigenvalue weighted by Crippen LogP contribution is -2.26. The molecular weight excluding hydrogens is 302 g/mol. The Morgan fingerprint density at radius 3 is 2.52 bits per heavy atom. The van der Waals surface area contributed by atoms with E-state index in [1.165, 1.54) is 0 Å². The Bertz CT molecular complexity index is 588. The molecule has 2 aromatic carbocycles. The fraction of sp³-hybridized carbons (Fsp3) is 0.235. The molecule has 0 unspecified atom stereocenters. The van der Waals surface area contributed by atoms with Gasteiger partial charge in [0.05, 0.1) is 11.1 Å². The van der Waals surface area contributed by atoms with Crippen molar-refractivity contribution in [1.29, 1.82) is 0 Å². The number of thioether (sulfide) groups is 1. The van der Waals surface area contributed by atoms with Crippen molar-refractivity contribution in [3.05, 3.63) is 65.2 Å². The predicted molar refractivity (Wildman–Crippen MR) is 89.8 cm³/mol. The van der Waals surface area contributed by atoms with Gasteiger partial charge in [0.25, 0.3) is 0 Å². The van der Waals surface area contributed by atoms with Gasteiger partial charge in [-0.15, -0.1) is 11.8 Å². The first-order chi connectivity index (χ1) is 10.2. The van der Waals surface area contributed by atoms with Crippen molar-refractivity contribution in [2.45, 2.75) is 24.3 Å². The average Bonchev–Trinajstić information content (AvgIpc) is 2.50. The Hall–Kier alpha value is -1.45. The Balaban J connectivity index is 1.76. The van der Waals surface area contributed by atoms with Crippen LogP contribution in [0.15, 0.2) is 59.5 Å². The summed E-state index contributed by atoms with van der Waals surface area (Å²) < 4.78 is 0. The van der Waals surface area contributed by atoms with E-state index in [9.17, 15) is 4.79 Å². The summed E-state index contributed by atoms with van der Waals surface area (Å²) in [6, 6.07) is 17.7. The third-order valence-electron chi connectivity index (χ3n) is 3.10. The van der Waals surface area contributed by atoms with E-state index in [2.05, 4.69) is 5.32 Å². The first kappa shape index (κ1) is 15.9. The number of hydrogen-bond acceptors (Lipinski definition) is 2. The van der Waals surface area contributed by atoms with Gasteiger partial charge < -0.3 is 5.32 Å². The largest absolute Gasteiger partial charge is 0.350 e. The lowest BCUT2D eigenvalue weighted by Gasteiger charge is -2.14. The zero-order valence-corrected chi connectivity index (χ0v) is 13.5. The van der Waals surface area contributed by atoms with Crippen LogP contribution in [0, 0.1) is 0 Å². The number of halogens is 1. The monoisotopic (exact) mass is 319 g/mol. The molecule has 0 aromatic heterocycles. The summed E-state index contributed by atoms with van der Waals surface area (Å²) in [5.74, 6) is 0.780. The number of amides is 1. The summed E-state index contributed by atoms with van der Waals surface area (Å²) in [7, 11) is 0. The molecule has 0 aliphatic carbocycles. The molecule has 0 bridgehead atoms. The SMILES string of the molecule is C[C@@H](NC(=O)CCSc1ccccc1Cl)c1ccccc1. The highest BCUT2D eigenvalue weighted by Crippen LogP contribution is 2.26. The van der Waals surface area contributed by atoms with E-state index in [1.807, 2.05) is 61.5 Å². The Morgan fingerprint density at radius 2 is 1.81 bits per heavy atom. The van der Waals surface area contributed by atoms with Gasteiger partial charge >= 0.3 is 0 Å². The third kappa shape index (κ3) is 5.10. The van der Waals surface area contributed by atoms with E-state index in [0.29, 0.717) is 6.42 Å². The number of benzene rings is 2. The van der Waals surface area contributed by atoms with Crippen molar-refractivity contribution in [2.75, 3.05) is 5.75 Å². The second-order valence-electron chi connectivity index (χ2n) is 4.73. The molecule has 2 aromatic rings. The molecule has 1 N–H and O–H groups in total. The van der Waals surface area contributed by atoms with Crippen LogP contribution in [0.2, 0.25) is 5.02 Å². The number of nitrogens with one attached hydrogen (secondary N) is 1. The van der Waals surface area contributed by atoms with Crippen molar-refractivity contribution in [3.63, 3.8) is 0 Å². The summed E-state index contributed by atoms with van der Waals surface area (Å²) in [6.45, 7) is 1.99. The van der Waals surface area contributed by atoms with Gasteiger partial charge in [0.1, 0.15) is 0 Å². The smallest absolute Gasteiger partial charge is 0.221 e. The van der Waals surface area contributed by atoms with Crippen molar-refractivity contribution < 1.29 is 4.79 Å². The number of carbonyl (C=O) groups excluding carboxylic acids is 1. The number of carbonyl (C=O) groups is 1. The molecule has 1 atom stereocenters. The van der Waals surface area contributed by atoms with Crippen LogP contribution in [0.4, 0.5) is 0 Å².